The predicted octanol–water partition coefficient (Wildman–Crippen LogP) is 2.60. The standard InChI is InChI=1S/C16H17N3O4/c1-10-8-12(11(2)23-10)16(21)17-15-9-13(14-4-3-7-22-14)18-19(15)5-6-20/h3-4,7-9,20H,5-6H2,1-2H3,(H,17,21). The zero-order valence-electron chi connectivity index (χ0n) is 12.9. The van der Waals surface area contributed by atoms with Crippen LogP contribution in [0.3, 0.4) is 0 Å². The Balaban J connectivity index is 1.89. The van der Waals surface area contributed by atoms with E-state index in [1.807, 2.05) is 0 Å². The van der Waals surface area contributed by atoms with Crippen LogP contribution in [0.2, 0.25) is 0 Å². The summed E-state index contributed by atoms with van der Waals surface area (Å²) in [7, 11) is 0. The van der Waals surface area contributed by atoms with Crippen LogP contribution in [0.15, 0.2) is 39.4 Å². The van der Waals surface area contributed by atoms with Crippen molar-refractivity contribution in [1.29, 1.82) is 0 Å². The molecule has 7 nitrogen and oxygen atoms in total. The lowest BCUT2D eigenvalue weighted by molar-refractivity contribution is 0.102. The molecule has 0 fully saturated rings. The number of rotatable bonds is 5. The lowest BCUT2D eigenvalue weighted by Crippen LogP contribution is -2.16. The van der Waals surface area contributed by atoms with Gasteiger partial charge in [0.15, 0.2) is 5.76 Å². The summed E-state index contributed by atoms with van der Waals surface area (Å²) >= 11 is 0. The number of furan rings is 2. The molecule has 0 spiro atoms. The first-order valence-electron chi connectivity index (χ1n) is 7.19. The number of aliphatic hydroxyl groups excluding tert-OH is 1. The molecule has 0 bridgehead atoms. The van der Waals surface area contributed by atoms with Gasteiger partial charge in [-0.15, -0.1) is 0 Å². The van der Waals surface area contributed by atoms with Gasteiger partial charge in [0.1, 0.15) is 23.0 Å². The molecule has 0 atom stereocenters. The number of amides is 1. The number of nitrogens with one attached hydrogen (secondary N) is 1. The van der Waals surface area contributed by atoms with Crippen LogP contribution in [-0.2, 0) is 6.54 Å². The highest BCUT2D eigenvalue weighted by Crippen LogP contribution is 2.23. The summed E-state index contributed by atoms with van der Waals surface area (Å²) in [6, 6.07) is 6.93. The molecule has 23 heavy (non-hydrogen) atoms. The Morgan fingerprint density at radius 1 is 1.39 bits per heavy atom. The van der Waals surface area contributed by atoms with Gasteiger partial charge in [-0.05, 0) is 32.0 Å². The maximum absolute atomic E-state index is 12.4. The Kier molecular flexibility index (Phi) is 4.03. The van der Waals surface area contributed by atoms with Gasteiger partial charge in [0.05, 0.1) is 25.0 Å². The van der Waals surface area contributed by atoms with E-state index in [-0.39, 0.29) is 19.1 Å². The molecule has 0 unspecified atom stereocenters. The average molecular weight is 315 g/mol. The normalized spacial score (nSPS) is 10.9. The van der Waals surface area contributed by atoms with E-state index in [0.29, 0.717) is 34.4 Å². The van der Waals surface area contributed by atoms with Crippen LogP contribution >= 0.6 is 0 Å². The van der Waals surface area contributed by atoms with Crippen molar-refractivity contribution < 1.29 is 18.7 Å². The Bertz CT molecular complexity index is 815. The highest BCUT2D eigenvalue weighted by atomic mass is 16.3. The summed E-state index contributed by atoms with van der Waals surface area (Å²) in [4.78, 5) is 12.4. The van der Waals surface area contributed by atoms with Crippen molar-refractivity contribution in [3.05, 3.63) is 47.6 Å². The number of carbonyl (C=O) groups is 1. The van der Waals surface area contributed by atoms with Crippen LogP contribution in [0.4, 0.5) is 5.82 Å². The Morgan fingerprint density at radius 2 is 2.22 bits per heavy atom. The minimum absolute atomic E-state index is 0.0913. The second-order valence-electron chi connectivity index (χ2n) is 5.12. The zero-order valence-corrected chi connectivity index (χ0v) is 12.9. The molecule has 0 aliphatic rings. The molecule has 3 aromatic heterocycles. The topological polar surface area (TPSA) is 93.4 Å². The van der Waals surface area contributed by atoms with Crippen molar-refractivity contribution in [3.63, 3.8) is 0 Å². The van der Waals surface area contributed by atoms with E-state index in [4.69, 9.17) is 8.83 Å². The number of carbonyl (C=O) groups excluding carboxylic acids is 1. The van der Waals surface area contributed by atoms with Crippen LogP contribution in [0.5, 0.6) is 0 Å². The number of nitrogens with zero attached hydrogens (tertiary/aromatic N) is 2. The fraction of sp³-hybridized carbons (Fsp3) is 0.250. The van der Waals surface area contributed by atoms with E-state index in [1.165, 1.54) is 4.68 Å². The van der Waals surface area contributed by atoms with Crippen molar-refractivity contribution in [3.8, 4) is 11.5 Å². The van der Waals surface area contributed by atoms with Gasteiger partial charge in [-0.3, -0.25) is 4.79 Å². The van der Waals surface area contributed by atoms with Gasteiger partial charge in [-0.1, -0.05) is 0 Å². The Labute approximate surface area is 132 Å². The summed E-state index contributed by atoms with van der Waals surface area (Å²) in [5, 5.41) is 16.3. The molecule has 0 radical (unpaired) electrons. The monoisotopic (exact) mass is 315 g/mol. The van der Waals surface area contributed by atoms with Gasteiger partial charge in [-0.2, -0.15) is 5.10 Å². The SMILES string of the molecule is Cc1cc(C(=O)Nc2cc(-c3ccco3)nn2CCO)c(C)o1. The third-order valence-electron chi connectivity index (χ3n) is 3.39. The number of aryl methyl sites for hydroxylation is 2. The largest absolute Gasteiger partial charge is 0.466 e. The number of anilines is 1. The van der Waals surface area contributed by atoms with E-state index in [9.17, 15) is 9.90 Å². The van der Waals surface area contributed by atoms with Gasteiger partial charge >= 0.3 is 0 Å². The van der Waals surface area contributed by atoms with Gasteiger partial charge in [0.25, 0.3) is 5.91 Å². The molecule has 0 aliphatic heterocycles. The van der Waals surface area contributed by atoms with Crippen molar-refractivity contribution in [2.24, 2.45) is 0 Å². The molecule has 0 aromatic carbocycles. The van der Waals surface area contributed by atoms with E-state index in [2.05, 4.69) is 10.4 Å². The van der Waals surface area contributed by atoms with Crippen LogP contribution in [0.1, 0.15) is 21.9 Å². The first-order valence-corrected chi connectivity index (χ1v) is 7.19. The second-order valence-corrected chi connectivity index (χ2v) is 5.12. The summed E-state index contributed by atoms with van der Waals surface area (Å²) in [6.07, 6.45) is 1.55. The molecule has 0 aliphatic carbocycles. The smallest absolute Gasteiger partial charge is 0.260 e. The van der Waals surface area contributed by atoms with Gasteiger partial charge in [-0.25, -0.2) is 4.68 Å². The second kappa shape index (κ2) is 6.13. The van der Waals surface area contributed by atoms with Crippen LogP contribution < -0.4 is 5.32 Å². The fourth-order valence-corrected chi connectivity index (χ4v) is 2.37. The quantitative estimate of drug-likeness (QED) is 0.755. The van der Waals surface area contributed by atoms with Crippen LogP contribution in [0.25, 0.3) is 11.5 Å². The number of aromatic nitrogens is 2. The molecular formula is C16H17N3O4. The highest BCUT2D eigenvalue weighted by Gasteiger charge is 2.17. The lowest BCUT2D eigenvalue weighted by atomic mass is 10.2. The van der Waals surface area contributed by atoms with E-state index in [0.717, 1.165) is 0 Å². The molecule has 3 rings (SSSR count). The van der Waals surface area contributed by atoms with Crippen molar-refractivity contribution in [1.82, 2.24) is 9.78 Å². The zero-order chi connectivity index (χ0) is 16.4. The van der Waals surface area contributed by atoms with Gasteiger partial charge in [0.2, 0.25) is 0 Å². The van der Waals surface area contributed by atoms with Gasteiger partial charge in [0, 0.05) is 6.07 Å². The molecule has 1 amide bonds. The summed E-state index contributed by atoms with van der Waals surface area (Å²) in [5.41, 5.74) is 1.05. The van der Waals surface area contributed by atoms with E-state index >= 15 is 0 Å². The van der Waals surface area contributed by atoms with Crippen molar-refractivity contribution in [2.75, 3.05) is 11.9 Å². The third kappa shape index (κ3) is 3.04. The van der Waals surface area contributed by atoms with Crippen LogP contribution in [0, 0.1) is 13.8 Å². The Morgan fingerprint density at radius 3 is 2.83 bits per heavy atom. The molecule has 0 saturated heterocycles. The van der Waals surface area contributed by atoms with Crippen molar-refractivity contribution in [2.45, 2.75) is 20.4 Å². The molecule has 120 valence electrons. The summed E-state index contributed by atoms with van der Waals surface area (Å²) in [5.74, 6) is 2.01. The molecule has 2 N–H and O–H groups in total. The summed E-state index contributed by atoms with van der Waals surface area (Å²) < 4.78 is 12.2. The van der Waals surface area contributed by atoms with E-state index in [1.54, 1.807) is 44.4 Å². The number of hydrogen-bond acceptors (Lipinski definition) is 5. The molecule has 0 saturated carbocycles. The first kappa shape index (κ1) is 15.1. The first-order chi connectivity index (χ1) is 11.1. The van der Waals surface area contributed by atoms with Crippen molar-refractivity contribution >= 4 is 11.7 Å². The third-order valence-corrected chi connectivity index (χ3v) is 3.39. The number of aliphatic hydroxyl groups is 1. The predicted molar refractivity (Wildman–Crippen MR) is 83.2 cm³/mol. The molecular weight excluding hydrogens is 298 g/mol. The summed E-state index contributed by atoms with van der Waals surface area (Å²) in [6.45, 7) is 3.70. The van der Waals surface area contributed by atoms with E-state index < -0.39 is 0 Å². The maximum Gasteiger partial charge on any atom is 0.260 e. The molecule has 3 aromatic rings. The lowest BCUT2D eigenvalue weighted by Gasteiger charge is -2.06. The average Bonchev–Trinajstić information content (AvgIpc) is 3.20. The molecule has 7 heteroatoms. The van der Waals surface area contributed by atoms with Crippen LogP contribution in [-0.4, -0.2) is 27.4 Å². The minimum atomic E-state index is -0.288. The minimum Gasteiger partial charge on any atom is -0.466 e. The molecule has 3 heterocycles. The Hall–Kier alpha value is -2.80. The highest BCUT2D eigenvalue weighted by molar-refractivity contribution is 6.04. The number of hydrogen-bond donors (Lipinski definition) is 2. The fourth-order valence-electron chi connectivity index (χ4n) is 2.37. The maximum atomic E-state index is 12.4. The van der Waals surface area contributed by atoms with Gasteiger partial charge < -0.3 is 19.3 Å².